The van der Waals surface area contributed by atoms with Crippen molar-refractivity contribution in [3.8, 4) is 0 Å². The quantitative estimate of drug-likeness (QED) is 0.808. The van der Waals surface area contributed by atoms with Gasteiger partial charge in [0, 0.05) is 48.2 Å². The van der Waals surface area contributed by atoms with Crippen LogP contribution in [0.25, 0.3) is 0 Å². The summed E-state index contributed by atoms with van der Waals surface area (Å²) in [6.45, 7) is 3.67. The van der Waals surface area contributed by atoms with Crippen molar-refractivity contribution in [1.29, 1.82) is 0 Å². The minimum Gasteiger partial charge on any atom is -0.342 e. The first kappa shape index (κ1) is 15.9. The van der Waals surface area contributed by atoms with Crippen LogP contribution < -0.4 is 0 Å². The van der Waals surface area contributed by atoms with Crippen LogP contribution in [0.3, 0.4) is 0 Å². The molecule has 1 saturated heterocycles. The molecule has 1 fully saturated rings. The molecule has 0 unspecified atom stereocenters. The molecule has 2 aromatic heterocycles. The number of thioether (sulfide) groups is 1. The van der Waals surface area contributed by atoms with Crippen molar-refractivity contribution in [2.75, 3.05) is 18.8 Å². The van der Waals surface area contributed by atoms with Crippen molar-refractivity contribution < 1.29 is 4.79 Å². The van der Waals surface area contributed by atoms with Gasteiger partial charge < -0.3 is 4.90 Å². The molecule has 3 heterocycles. The predicted molar refractivity (Wildman–Crippen MR) is 90.3 cm³/mol. The molecule has 2 aromatic rings. The maximum absolute atomic E-state index is 12.3. The molecule has 0 bridgehead atoms. The fourth-order valence-corrected chi connectivity index (χ4v) is 3.70. The highest BCUT2D eigenvalue weighted by molar-refractivity contribution is 8.00. The summed E-state index contributed by atoms with van der Waals surface area (Å²) in [5, 5.41) is 0. The van der Waals surface area contributed by atoms with E-state index in [1.807, 2.05) is 23.2 Å². The zero-order valence-electron chi connectivity index (χ0n) is 13.2. The van der Waals surface area contributed by atoms with Gasteiger partial charge in [-0.1, -0.05) is 0 Å². The summed E-state index contributed by atoms with van der Waals surface area (Å²) in [5.41, 5.74) is 2.28. The van der Waals surface area contributed by atoms with E-state index in [2.05, 4.69) is 21.9 Å². The van der Waals surface area contributed by atoms with Crippen LogP contribution in [-0.4, -0.2) is 44.6 Å². The molecular weight excluding hydrogens is 308 g/mol. The number of amides is 1. The third kappa shape index (κ3) is 4.07. The standard InChI is InChI=1S/C17H20N4OS/c1-13-10-19-12-20-17(13)14-4-8-21(9-5-14)16(22)11-23-15-2-6-18-7-3-15/h2-3,6-7,10,12,14H,4-5,8-9,11H2,1H3. The zero-order valence-corrected chi connectivity index (χ0v) is 14.0. The number of nitrogens with zero attached hydrogens (tertiary/aromatic N) is 4. The second kappa shape index (κ2) is 7.55. The number of carbonyl (C=O) groups excluding carboxylic acids is 1. The van der Waals surface area contributed by atoms with Crippen LogP contribution in [0.2, 0.25) is 0 Å². The van der Waals surface area contributed by atoms with E-state index in [-0.39, 0.29) is 5.91 Å². The summed E-state index contributed by atoms with van der Waals surface area (Å²) in [5.74, 6) is 1.14. The molecule has 0 saturated carbocycles. The van der Waals surface area contributed by atoms with E-state index in [1.54, 1.807) is 30.5 Å². The normalized spacial score (nSPS) is 15.6. The highest BCUT2D eigenvalue weighted by Gasteiger charge is 2.25. The molecular formula is C17H20N4OS. The molecule has 0 atom stereocenters. The Bertz CT molecular complexity index is 657. The van der Waals surface area contributed by atoms with Crippen LogP contribution in [-0.2, 0) is 4.79 Å². The van der Waals surface area contributed by atoms with Gasteiger partial charge in [0.25, 0.3) is 0 Å². The summed E-state index contributed by atoms with van der Waals surface area (Å²) in [4.78, 5) is 27.9. The van der Waals surface area contributed by atoms with E-state index in [9.17, 15) is 4.79 Å². The maximum Gasteiger partial charge on any atom is 0.232 e. The van der Waals surface area contributed by atoms with Crippen molar-refractivity contribution in [2.45, 2.75) is 30.6 Å². The third-order valence-corrected chi connectivity index (χ3v) is 5.18. The maximum atomic E-state index is 12.3. The lowest BCUT2D eigenvalue weighted by molar-refractivity contribution is -0.129. The average molecular weight is 328 g/mol. The van der Waals surface area contributed by atoms with Crippen LogP contribution in [0.1, 0.15) is 30.0 Å². The molecule has 23 heavy (non-hydrogen) atoms. The Morgan fingerprint density at radius 1 is 1.26 bits per heavy atom. The van der Waals surface area contributed by atoms with Crippen LogP contribution in [0.4, 0.5) is 0 Å². The van der Waals surface area contributed by atoms with Crippen LogP contribution in [0.5, 0.6) is 0 Å². The van der Waals surface area contributed by atoms with Crippen molar-refractivity contribution >= 4 is 17.7 Å². The minimum absolute atomic E-state index is 0.213. The molecule has 1 amide bonds. The molecule has 1 aliphatic heterocycles. The van der Waals surface area contributed by atoms with E-state index < -0.39 is 0 Å². The first-order valence-electron chi connectivity index (χ1n) is 7.81. The summed E-state index contributed by atoms with van der Waals surface area (Å²) in [6.07, 6.45) is 8.94. The van der Waals surface area contributed by atoms with Gasteiger partial charge in [0.2, 0.25) is 5.91 Å². The van der Waals surface area contributed by atoms with Crippen molar-refractivity contribution in [3.63, 3.8) is 0 Å². The molecule has 6 heteroatoms. The van der Waals surface area contributed by atoms with Gasteiger partial charge in [0.1, 0.15) is 6.33 Å². The molecule has 0 aliphatic carbocycles. The lowest BCUT2D eigenvalue weighted by Crippen LogP contribution is -2.39. The Balaban J connectivity index is 1.50. The number of pyridine rings is 1. The van der Waals surface area contributed by atoms with Gasteiger partial charge in [0.05, 0.1) is 5.75 Å². The Kier molecular flexibility index (Phi) is 5.23. The lowest BCUT2D eigenvalue weighted by atomic mass is 9.91. The van der Waals surface area contributed by atoms with Gasteiger partial charge >= 0.3 is 0 Å². The molecule has 0 aromatic carbocycles. The van der Waals surface area contributed by atoms with Gasteiger partial charge in [-0.2, -0.15) is 0 Å². The molecule has 1 aliphatic rings. The fraction of sp³-hybridized carbons (Fsp3) is 0.412. The summed E-state index contributed by atoms with van der Waals surface area (Å²) < 4.78 is 0. The zero-order chi connectivity index (χ0) is 16.1. The Hall–Kier alpha value is -1.95. The number of likely N-dealkylation sites (tertiary alicyclic amines) is 1. The number of hydrogen-bond acceptors (Lipinski definition) is 5. The molecule has 0 spiro atoms. The Morgan fingerprint density at radius 3 is 2.70 bits per heavy atom. The molecule has 0 N–H and O–H groups in total. The number of hydrogen-bond donors (Lipinski definition) is 0. The smallest absolute Gasteiger partial charge is 0.232 e. The number of aryl methyl sites for hydroxylation is 1. The van der Waals surface area contributed by atoms with E-state index in [0.29, 0.717) is 11.7 Å². The van der Waals surface area contributed by atoms with Crippen molar-refractivity contribution in [2.24, 2.45) is 0 Å². The van der Waals surface area contributed by atoms with Crippen LogP contribution in [0, 0.1) is 6.92 Å². The average Bonchev–Trinajstić information content (AvgIpc) is 2.61. The monoisotopic (exact) mass is 328 g/mol. The lowest BCUT2D eigenvalue weighted by Gasteiger charge is -2.32. The summed E-state index contributed by atoms with van der Waals surface area (Å²) >= 11 is 1.57. The second-order valence-corrected chi connectivity index (χ2v) is 6.77. The van der Waals surface area contributed by atoms with Gasteiger partial charge in [-0.3, -0.25) is 9.78 Å². The predicted octanol–water partition coefficient (Wildman–Crippen LogP) is 2.68. The van der Waals surface area contributed by atoms with Gasteiger partial charge in [-0.15, -0.1) is 11.8 Å². The number of rotatable bonds is 4. The molecule has 3 rings (SSSR count). The van der Waals surface area contributed by atoms with Gasteiger partial charge in [-0.25, -0.2) is 9.97 Å². The highest BCUT2D eigenvalue weighted by atomic mass is 32.2. The minimum atomic E-state index is 0.213. The van der Waals surface area contributed by atoms with Gasteiger partial charge in [0.15, 0.2) is 0 Å². The molecule has 0 radical (unpaired) electrons. The number of carbonyl (C=O) groups is 1. The fourth-order valence-electron chi connectivity index (χ4n) is 2.91. The second-order valence-electron chi connectivity index (χ2n) is 5.72. The van der Waals surface area contributed by atoms with E-state index in [4.69, 9.17) is 0 Å². The first-order chi connectivity index (χ1) is 11.2. The summed E-state index contributed by atoms with van der Waals surface area (Å²) in [6, 6.07) is 3.87. The number of piperidine rings is 1. The Morgan fingerprint density at radius 2 is 2.00 bits per heavy atom. The third-order valence-electron chi connectivity index (χ3n) is 4.18. The topological polar surface area (TPSA) is 59.0 Å². The van der Waals surface area contributed by atoms with Crippen LogP contribution in [0.15, 0.2) is 41.9 Å². The van der Waals surface area contributed by atoms with Gasteiger partial charge in [-0.05, 0) is 37.5 Å². The SMILES string of the molecule is Cc1cncnc1C1CCN(C(=O)CSc2ccncc2)CC1. The van der Waals surface area contributed by atoms with Crippen molar-refractivity contribution in [3.05, 3.63) is 48.3 Å². The largest absolute Gasteiger partial charge is 0.342 e. The summed E-state index contributed by atoms with van der Waals surface area (Å²) in [7, 11) is 0. The molecule has 120 valence electrons. The van der Waals surface area contributed by atoms with E-state index >= 15 is 0 Å². The van der Waals surface area contributed by atoms with Crippen LogP contribution >= 0.6 is 11.8 Å². The highest BCUT2D eigenvalue weighted by Crippen LogP contribution is 2.28. The van der Waals surface area contributed by atoms with E-state index in [1.165, 1.54) is 0 Å². The first-order valence-corrected chi connectivity index (χ1v) is 8.79. The molecule has 5 nitrogen and oxygen atoms in total. The number of aromatic nitrogens is 3. The Labute approximate surface area is 140 Å². The van der Waals surface area contributed by atoms with E-state index in [0.717, 1.165) is 42.1 Å². The van der Waals surface area contributed by atoms with Crippen molar-refractivity contribution in [1.82, 2.24) is 19.9 Å².